The van der Waals surface area contributed by atoms with Crippen molar-refractivity contribution in [1.82, 2.24) is 5.32 Å². The Hall–Kier alpha value is -3.78. The molecule has 1 heterocycles. The van der Waals surface area contributed by atoms with Gasteiger partial charge in [0.2, 0.25) is 0 Å². The van der Waals surface area contributed by atoms with E-state index in [4.69, 9.17) is 9.47 Å². The Labute approximate surface area is 207 Å². The quantitative estimate of drug-likeness (QED) is 0.461. The van der Waals surface area contributed by atoms with Crippen LogP contribution in [-0.2, 0) is 25.7 Å². The third-order valence-electron chi connectivity index (χ3n) is 6.42. The van der Waals surface area contributed by atoms with Gasteiger partial charge in [0.05, 0.1) is 23.7 Å². The summed E-state index contributed by atoms with van der Waals surface area (Å²) in [4.78, 5) is 26.7. The molecule has 1 aliphatic carbocycles. The van der Waals surface area contributed by atoms with Gasteiger partial charge in [-0.05, 0) is 50.3 Å². The summed E-state index contributed by atoms with van der Waals surface area (Å²) in [6, 6.07) is 19.1. The van der Waals surface area contributed by atoms with Crippen LogP contribution in [0, 0.1) is 23.7 Å². The smallest absolute Gasteiger partial charge is 0.337 e. The van der Waals surface area contributed by atoms with Crippen LogP contribution in [0.2, 0.25) is 0 Å². The fourth-order valence-electron chi connectivity index (χ4n) is 4.72. The standard InChI is InChI=1S/C30H31NO4/c1-3-34-29(32)26-21(2)31-28(24-16-10-11-17-24)27(25(26)19-18-22-12-6-4-7-13-22)30(33)35-20-23-14-8-5-9-15-23/h4-9,12-15,24-25,31H,3,10-11,16-17,20H2,1-2H3/t25-/m1/s1. The summed E-state index contributed by atoms with van der Waals surface area (Å²) in [7, 11) is 0. The van der Waals surface area contributed by atoms with Gasteiger partial charge < -0.3 is 14.8 Å². The van der Waals surface area contributed by atoms with Gasteiger partial charge >= 0.3 is 11.9 Å². The molecule has 0 radical (unpaired) electrons. The third kappa shape index (κ3) is 5.84. The minimum atomic E-state index is -0.741. The van der Waals surface area contributed by atoms with Crippen molar-refractivity contribution in [3.05, 3.63) is 94.3 Å². The van der Waals surface area contributed by atoms with Crippen LogP contribution >= 0.6 is 0 Å². The van der Waals surface area contributed by atoms with Crippen LogP contribution in [0.4, 0.5) is 0 Å². The monoisotopic (exact) mass is 469 g/mol. The Bertz CT molecular complexity index is 1180. The van der Waals surface area contributed by atoms with Gasteiger partial charge in [-0.3, -0.25) is 0 Å². The minimum absolute atomic E-state index is 0.150. The van der Waals surface area contributed by atoms with Crippen molar-refractivity contribution in [1.29, 1.82) is 0 Å². The van der Waals surface area contributed by atoms with Gasteiger partial charge in [-0.2, -0.15) is 0 Å². The molecule has 0 unspecified atom stereocenters. The number of allylic oxidation sites excluding steroid dienone is 2. The van der Waals surface area contributed by atoms with E-state index in [1.54, 1.807) is 6.92 Å². The van der Waals surface area contributed by atoms with Crippen LogP contribution in [0.3, 0.4) is 0 Å². The number of hydrogen-bond acceptors (Lipinski definition) is 5. The van der Waals surface area contributed by atoms with Crippen molar-refractivity contribution >= 4 is 11.9 Å². The number of dihydropyridines is 1. The lowest BCUT2D eigenvalue weighted by Gasteiger charge is -2.31. The van der Waals surface area contributed by atoms with E-state index in [1.807, 2.05) is 67.6 Å². The second-order valence-corrected chi connectivity index (χ2v) is 8.82. The number of carbonyl (C=O) groups excluding carboxylic acids is 2. The third-order valence-corrected chi connectivity index (χ3v) is 6.42. The predicted octanol–water partition coefficient (Wildman–Crippen LogP) is 5.28. The zero-order valence-electron chi connectivity index (χ0n) is 20.3. The summed E-state index contributed by atoms with van der Waals surface area (Å²) >= 11 is 0. The van der Waals surface area contributed by atoms with Crippen LogP contribution in [-0.4, -0.2) is 18.5 Å². The highest BCUT2D eigenvalue weighted by atomic mass is 16.5. The average Bonchev–Trinajstić information content (AvgIpc) is 3.42. The van der Waals surface area contributed by atoms with Crippen LogP contribution in [0.5, 0.6) is 0 Å². The van der Waals surface area contributed by atoms with Gasteiger partial charge in [0.1, 0.15) is 6.61 Å². The predicted molar refractivity (Wildman–Crippen MR) is 135 cm³/mol. The van der Waals surface area contributed by atoms with Gasteiger partial charge in [0, 0.05) is 17.0 Å². The molecule has 0 aromatic heterocycles. The fraction of sp³-hybridized carbons (Fsp3) is 0.333. The number of carbonyl (C=O) groups is 2. The van der Waals surface area contributed by atoms with Gasteiger partial charge in [-0.15, -0.1) is 0 Å². The molecule has 5 nitrogen and oxygen atoms in total. The summed E-state index contributed by atoms with van der Waals surface area (Å²) < 4.78 is 11.2. The van der Waals surface area contributed by atoms with E-state index in [1.165, 1.54) is 0 Å². The van der Waals surface area contributed by atoms with Crippen molar-refractivity contribution in [2.75, 3.05) is 6.61 Å². The number of rotatable bonds is 6. The highest BCUT2D eigenvalue weighted by Crippen LogP contribution is 2.39. The maximum Gasteiger partial charge on any atom is 0.337 e. The lowest BCUT2D eigenvalue weighted by Crippen LogP contribution is -2.36. The Morgan fingerprint density at radius 1 is 0.914 bits per heavy atom. The Morgan fingerprint density at radius 2 is 1.54 bits per heavy atom. The lowest BCUT2D eigenvalue weighted by molar-refractivity contribution is -0.141. The lowest BCUT2D eigenvalue weighted by atomic mass is 9.82. The SMILES string of the molecule is CCOC(=O)C1=C(C)NC(C2CCCC2)=C(C(=O)OCc2ccccc2)[C@@H]1C#Cc1ccccc1. The molecule has 1 aliphatic heterocycles. The molecule has 5 heteroatoms. The molecule has 2 aliphatic rings. The van der Waals surface area contributed by atoms with Gasteiger partial charge in [0.15, 0.2) is 0 Å². The van der Waals surface area contributed by atoms with Gasteiger partial charge in [0.25, 0.3) is 0 Å². The zero-order chi connectivity index (χ0) is 24.6. The van der Waals surface area contributed by atoms with Crippen LogP contribution in [0.25, 0.3) is 0 Å². The molecular weight excluding hydrogens is 438 g/mol. The van der Waals surface area contributed by atoms with E-state index < -0.39 is 17.9 Å². The topological polar surface area (TPSA) is 64.6 Å². The van der Waals surface area contributed by atoms with Crippen LogP contribution in [0.1, 0.15) is 50.7 Å². The summed E-state index contributed by atoms with van der Waals surface area (Å²) in [6.45, 7) is 4.01. The first kappa shape index (κ1) is 24.3. The first-order valence-electron chi connectivity index (χ1n) is 12.2. The van der Waals surface area contributed by atoms with Gasteiger partial charge in [-0.25, -0.2) is 9.59 Å². The largest absolute Gasteiger partial charge is 0.463 e. The number of hydrogen-bond donors (Lipinski definition) is 1. The Kier molecular flexibility index (Phi) is 8.05. The minimum Gasteiger partial charge on any atom is -0.463 e. The fourth-order valence-corrected chi connectivity index (χ4v) is 4.72. The molecule has 35 heavy (non-hydrogen) atoms. The summed E-state index contributed by atoms with van der Waals surface area (Å²) in [6.07, 6.45) is 4.18. The molecule has 0 bridgehead atoms. The van der Waals surface area contributed by atoms with Crippen molar-refractivity contribution in [2.24, 2.45) is 11.8 Å². The molecule has 1 atom stereocenters. The molecule has 0 amide bonds. The molecule has 180 valence electrons. The zero-order valence-corrected chi connectivity index (χ0v) is 20.3. The number of ether oxygens (including phenoxy) is 2. The number of benzene rings is 2. The first-order valence-corrected chi connectivity index (χ1v) is 12.2. The van der Waals surface area contributed by atoms with Crippen molar-refractivity contribution in [2.45, 2.75) is 46.1 Å². The van der Waals surface area contributed by atoms with E-state index >= 15 is 0 Å². The molecule has 0 spiro atoms. The second-order valence-electron chi connectivity index (χ2n) is 8.82. The molecule has 1 fully saturated rings. The van der Waals surface area contributed by atoms with Gasteiger partial charge in [-0.1, -0.05) is 73.2 Å². The maximum atomic E-state index is 13.6. The van der Waals surface area contributed by atoms with E-state index in [-0.39, 0.29) is 19.1 Å². The molecule has 2 aromatic rings. The summed E-state index contributed by atoms with van der Waals surface area (Å²) in [5.41, 5.74) is 4.01. The molecule has 4 rings (SSSR count). The number of esters is 2. The van der Waals surface area contributed by atoms with Crippen molar-refractivity contribution < 1.29 is 19.1 Å². The van der Waals surface area contributed by atoms with Crippen molar-refractivity contribution in [3.63, 3.8) is 0 Å². The first-order chi connectivity index (χ1) is 17.1. The Balaban J connectivity index is 1.77. The van der Waals surface area contributed by atoms with E-state index in [0.717, 1.165) is 42.5 Å². The Morgan fingerprint density at radius 3 is 2.20 bits per heavy atom. The van der Waals surface area contributed by atoms with E-state index in [9.17, 15) is 9.59 Å². The summed E-state index contributed by atoms with van der Waals surface area (Å²) in [5.74, 6) is 4.94. The second kappa shape index (κ2) is 11.6. The molecule has 2 aromatic carbocycles. The average molecular weight is 470 g/mol. The molecule has 1 saturated carbocycles. The van der Waals surface area contributed by atoms with Crippen LogP contribution in [0.15, 0.2) is 83.2 Å². The highest BCUT2D eigenvalue weighted by molar-refractivity contribution is 5.99. The normalized spacial score (nSPS) is 17.9. The number of nitrogens with one attached hydrogen (secondary N) is 1. The molecular formula is C30H31NO4. The van der Waals surface area contributed by atoms with E-state index in [2.05, 4.69) is 17.2 Å². The molecule has 0 saturated heterocycles. The highest BCUT2D eigenvalue weighted by Gasteiger charge is 2.39. The van der Waals surface area contributed by atoms with E-state index in [0.29, 0.717) is 16.8 Å². The van der Waals surface area contributed by atoms with Crippen molar-refractivity contribution in [3.8, 4) is 11.8 Å². The van der Waals surface area contributed by atoms with Crippen LogP contribution < -0.4 is 5.32 Å². The molecule has 1 N–H and O–H groups in total. The maximum absolute atomic E-state index is 13.6. The summed E-state index contributed by atoms with van der Waals surface area (Å²) in [5, 5.41) is 3.39.